The molecule has 1 aromatic carbocycles. The van der Waals surface area contributed by atoms with E-state index in [0.29, 0.717) is 18.0 Å². The number of aromatic nitrogens is 1. The Morgan fingerprint density at radius 1 is 1.19 bits per heavy atom. The molecule has 0 amide bonds. The fourth-order valence-corrected chi connectivity index (χ4v) is 6.42. The smallest absolute Gasteiger partial charge is 0.0932 e. The van der Waals surface area contributed by atoms with E-state index in [2.05, 4.69) is 42.7 Å². The van der Waals surface area contributed by atoms with Gasteiger partial charge < -0.3 is 15.5 Å². The summed E-state index contributed by atoms with van der Waals surface area (Å²) in [6.07, 6.45) is 11.5. The number of hydrogen-bond donors (Lipinski definition) is 3. The van der Waals surface area contributed by atoms with Crippen molar-refractivity contribution in [2.75, 3.05) is 13.2 Å². The van der Waals surface area contributed by atoms with Gasteiger partial charge in [-0.15, -0.1) is 11.3 Å². The second kappa shape index (κ2) is 10.8. The molecule has 2 aliphatic rings. The van der Waals surface area contributed by atoms with Crippen molar-refractivity contribution in [2.24, 2.45) is 5.92 Å². The third-order valence-corrected chi connectivity index (χ3v) is 8.55. The fraction of sp³-hybridized carbons (Fsp3) is 0.667. The maximum atomic E-state index is 9.57. The van der Waals surface area contributed by atoms with Gasteiger partial charge >= 0.3 is 0 Å². The molecule has 3 atom stereocenters. The summed E-state index contributed by atoms with van der Waals surface area (Å²) in [5.74, 6) is 0.767. The topological polar surface area (TPSA) is 65.4 Å². The number of rotatable bonds is 8. The van der Waals surface area contributed by atoms with E-state index in [4.69, 9.17) is 10.1 Å². The van der Waals surface area contributed by atoms with Gasteiger partial charge in [0.05, 0.1) is 23.4 Å². The summed E-state index contributed by atoms with van der Waals surface area (Å²) in [7, 11) is 0. The first kappa shape index (κ1) is 23.9. The number of thiazole rings is 1. The minimum absolute atomic E-state index is 0.165. The molecule has 5 heteroatoms. The summed E-state index contributed by atoms with van der Waals surface area (Å²) in [6.45, 7) is 5.07. The highest BCUT2D eigenvalue weighted by molar-refractivity contribution is 7.09. The summed E-state index contributed by atoms with van der Waals surface area (Å²) < 4.78 is 0. The molecule has 2 aromatic rings. The second-order valence-corrected chi connectivity index (χ2v) is 11.5. The van der Waals surface area contributed by atoms with Gasteiger partial charge in [-0.05, 0) is 79.9 Å². The number of benzene rings is 1. The van der Waals surface area contributed by atoms with Crippen molar-refractivity contribution in [1.29, 1.82) is 0 Å². The first-order chi connectivity index (χ1) is 15.4. The van der Waals surface area contributed by atoms with Crippen molar-refractivity contribution in [3.63, 3.8) is 0 Å². The number of nitrogens with one attached hydrogen (secondary N) is 1. The first-order valence-corrected chi connectivity index (χ1v) is 13.4. The SMILES string of the molecule is CC1(C)CCCc2cc(-c3csc(CCC4CCCC(NC[C@H](O)CO)CC4)n3)ccc21. The van der Waals surface area contributed by atoms with Crippen LogP contribution in [0.4, 0.5) is 0 Å². The zero-order valence-electron chi connectivity index (χ0n) is 19.8. The van der Waals surface area contributed by atoms with Gasteiger partial charge in [0.2, 0.25) is 0 Å². The largest absolute Gasteiger partial charge is 0.394 e. The maximum Gasteiger partial charge on any atom is 0.0932 e. The van der Waals surface area contributed by atoms with Crippen LogP contribution in [0.2, 0.25) is 0 Å². The summed E-state index contributed by atoms with van der Waals surface area (Å²) in [5, 5.41) is 25.5. The Kier molecular flexibility index (Phi) is 8.04. The van der Waals surface area contributed by atoms with Gasteiger partial charge in [-0.3, -0.25) is 0 Å². The molecular weight excluding hydrogens is 416 g/mol. The Morgan fingerprint density at radius 2 is 2.06 bits per heavy atom. The van der Waals surface area contributed by atoms with Crippen LogP contribution in [0.15, 0.2) is 23.6 Å². The lowest BCUT2D eigenvalue weighted by atomic mass is 9.72. The van der Waals surface area contributed by atoms with E-state index in [1.807, 2.05) is 11.3 Å². The molecule has 2 aliphatic carbocycles. The standard InChI is InChI=1S/C27H40N2O2S/c1-27(2)14-4-6-20-15-21(10-12-24(20)27)25-18-32-26(29-25)13-9-19-5-3-7-22(11-8-19)28-16-23(31)17-30/h10,12,15,18-19,22-23,28,30-31H,3-9,11,13-14,16-17H2,1-2H3/t19?,22?,23-/m0/s1. The average molecular weight is 457 g/mol. The molecule has 4 nitrogen and oxygen atoms in total. The van der Waals surface area contributed by atoms with Gasteiger partial charge in [-0.1, -0.05) is 38.8 Å². The van der Waals surface area contributed by atoms with Gasteiger partial charge in [0.15, 0.2) is 0 Å². The van der Waals surface area contributed by atoms with Gasteiger partial charge in [0.25, 0.3) is 0 Å². The van der Waals surface area contributed by atoms with Crippen molar-refractivity contribution >= 4 is 11.3 Å². The number of hydrogen-bond acceptors (Lipinski definition) is 5. The van der Waals surface area contributed by atoms with Crippen LogP contribution in [-0.4, -0.2) is 40.5 Å². The zero-order valence-corrected chi connectivity index (χ0v) is 20.6. The van der Waals surface area contributed by atoms with Crippen LogP contribution in [0.25, 0.3) is 11.3 Å². The molecule has 1 heterocycles. The molecule has 4 rings (SSSR count). The lowest BCUT2D eigenvalue weighted by Crippen LogP contribution is -2.36. The fourth-order valence-electron chi connectivity index (χ4n) is 5.60. The zero-order chi connectivity index (χ0) is 22.6. The molecule has 0 saturated heterocycles. The third kappa shape index (κ3) is 5.99. The van der Waals surface area contributed by atoms with Crippen LogP contribution in [-0.2, 0) is 18.3 Å². The van der Waals surface area contributed by atoms with Crippen molar-refractivity contribution in [2.45, 2.75) is 95.6 Å². The van der Waals surface area contributed by atoms with Crippen LogP contribution < -0.4 is 5.32 Å². The molecule has 3 N–H and O–H groups in total. The molecule has 1 fully saturated rings. The van der Waals surface area contributed by atoms with Crippen LogP contribution in [0.5, 0.6) is 0 Å². The average Bonchev–Trinajstić information content (AvgIpc) is 3.14. The molecule has 32 heavy (non-hydrogen) atoms. The minimum atomic E-state index is -0.644. The van der Waals surface area contributed by atoms with Crippen molar-refractivity contribution < 1.29 is 10.2 Å². The quantitative estimate of drug-likeness (QED) is 0.475. The van der Waals surface area contributed by atoms with E-state index in [-0.39, 0.29) is 6.61 Å². The summed E-state index contributed by atoms with van der Waals surface area (Å²) in [4.78, 5) is 5.00. The minimum Gasteiger partial charge on any atom is -0.394 e. The van der Waals surface area contributed by atoms with Crippen molar-refractivity contribution in [3.8, 4) is 11.3 Å². The number of aryl methyl sites for hydroxylation is 2. The molecule has 1 aromatic heterocycles. The van der Waals surface area contributed by atoms with E-state index >= 15 is 0 Å². The van der Waals surface area contributed by atoms with E-state index in [1.165, 1.54) is 73.1 Å². The predicted molar refractivity (Wildman–Crippen MR) is 133 cm³/mol. The van der Waals surface area contributed by atoms with Gasteiger partial charge in [0, 0.05) is 23.5 Å². The first-order valence-electron chi connectivity index (χ1n) is 12.5. The second-order valence-electron chi connectivity index (χ2n) is 10.6. The van der Waals surface area contributed by atoms with Crippen LogP contribution in [0, 0.1) is 5.92 Å². The molecular formula is C27H40N2O2S. The van der Waals surface area contributed by atoms with E-state index in [0.717, 1.165) is 24.5 Å². The normalized spacial score (nSPS) is 24.0. The predicted octanol–water partition coefficient (Wildman–Crippen LogP) is 5.25. The van der Waals surface area contributed by atoms with Gasteiger partial charge in [-0.2, -0.15) is 0 Å². The van der Waals surface area contributed by atoms with Gasteiger partial charge in [0.1, 0.15) is 0 Å². The van der Waals surface area contributed by atoms with Crippen molar-refractivity contribution in [1.82, 2.24) is 10.3 Å². The van der Waals surface area contributed by atoms with E-state index in [9.17, 15) is 5.11 Å². The number of fused-ring (bicyclic) bond motifs is 1. The van der Waals surface area contributed by atoms with Crippen LogP contribution in [0.3, 0.4) is 0 Å². The molecule has 0 bridgehead atoms. The molecule has 2 unspecified atom stereocenters. The number of aliphatic hydroxyl groups is 2. The molecule has 176 valence electrons. The Morgan fingerprint density at radius 3 is 2.91 bits per heavy atom. The summed E-state index contributed by atoms with van der Waals surface area (Å²) in [5.41, 5.74) is 5.75. The monoisotopic (exact) mass is 456 g/mol. The highest BCUT2D eigenvalue weighted by Gasteiger charge is 2.27. The Balaban J connectivity index is 1.30. The lowest BCUT2D eigenvalue weighted by molar-refractivity contribution is 0.0912. The molecule has 0 aliphatic heterocycles. The molecule has 0 spiro atoms. The number of aliphatic hydroxyl groups excluding tert-OH is 2. The van der Waals surface area contributed by atoms with E-state index in [1.54, 1.807) is 0 Å². The third-order valence-electron chi connectivity index (χ3n) is 7.64. The lowest BCUT2D eigenvalue weighted by Gasteiger charge is -2.32. The molecule has 1 saturated carbocycles. The van der Waals surface area contributed by atoms with Crippen molar-refractivity contribution in [3.05, 3.63) is 39.7 Å². The van der Waals surface area contributed by atoms with Gasteiger partial charge in [-0.25, -0.2) is 4.98 Å². The van der Waals surface area contributed by atoms with E-state index < -0.39 is 6.10 Å². The molecule has 0 radical (unpaired) electrons. The summed E-state index contributed by atoms with van der Waals surface area (Å²) in [6, 6.07) is 7.48. The highest BCUT2D eigenvalue weighted by atomic mass is 32.1. The Hall–Kier alpha value is -1.27. The summed E-state index contributed by atoms with van der Waals surface area (Å²) >= 11 is 1.81. The maximum absolute atomic E-state index is 9.57. The Bertz CT molecular complexity index is 878. The van der Waals surface area contributed by atoms with Crippen LogP contribution in [0.1, 0.15) is 81.3 Å². The highest BCUT2D eigenvalue weighted by Crippen LogP contribution is 2.38. The van der Waals surface area contributed by atoms with Crippen LogP contribution >= 0.6 is 11.3 Å². The number of nitrogens with zero attached hydrogens (tertiary/aromatic N) is 1. The Labute approximate surface area is 197 Å².